The Labute approximate surface area is 113 Å². The molecule has 1 aromatic rings. The van der Waals surface area contributed by atoms with Crippen LogP contribution in [-0.2, 0) is 6.42 Å². The summed E-state index contributed by atoms with van der Waals surface area (Å²) in [6, 6.07) is 0. The maximum atomic E-state index is 12.5. The van der Waals surface area contributed by atoms with Gasteiger partial charge in [0.05, 0.1) is 6.54 Å². The second-order valence-corrected chi connectivity index (χ2v) is 4.49. The lowest BCUT2D eigenvalue weighted by Gasteiger charge is -2.22. The van der Waals surface area contributed by atoms with E-state index in [2.05, 4.69) is 22.2 Å². The minimum absolute atomic E-state index is 0.325. The highest BCUT2D eigenvalue weighted by molar-refractivity contribution is 5.58. The predicted octanol–water partition coefficient (Wildman–Crippen LogP) is 2.87. The lowest BCUT2D eigenvalue weighted by molar-refractivity contribution is 0.156. The second-order valence-electron chi connectivity index (χ2n) is 4.49. The van der Waals surface area contributed by atoms with Crippen LogP contribution >= 0.6 is 0 Å². The van der Waals surface area contributed by atoms with Crippen LogP contribution in [0.1, 0.15) is 31.7 Å². The van der Waals surface area contributed by atoms with Gasteiger partial charge >= 0.3 is 0 Å². The lowest BCUT2D eigenvalue weighted by atomic mass is 10.2. The van der Waals surface area contributed by atoms with Crippen LogP contribution in [-0.4, -0.2) is 36.5 Å². The largest absolute Gasteiger partial charge is 0.370 e. The van der Waals surface area contributed by atoms with Gasteiger partial charge in [-0.25, -0.2) is 18.7 Å². The van der Waals surface area contributed by atoms with E-state index in [0.29, 0.717) is 18.1 Å². The zero-order valence-electron chi connectivity index (χ0n) is 12.0. The van der Waals surface area contributed by atoms with E-state index >= 15 is 0 Å². The van der Waals surface area contributed by atoms with Crippen molar-refractivity contribution >= 4 is 11.6 Å². The van der Waals surface area contributed by atoms with Gasteiger partial charge in [-0.1, -0.05) is 13.8 Å². The van der Waals surface area contributed by atoms with Gasteiger partial charge < -0.3 is 10.2 Å². The molecule has 0 atom stereocenters. The number of aromatic nitrogens is 2. The molecule has 0 spiro atoms. The molecular formula is C13H22F2N4. The summed E-state index contributed by atoms with van der Waals surface area (Å²) in [4.78, 5) is 10.3. The Bertz CT molecular complexity index is 410. The molecule has 0 fully saturated rings. The van der Waals surface area contributed by atoms with Crippen molar-refractivity contribution in [1.29, 1.82) is 0 Å². The molecule has 0 bridgehead atoms. The maximum absolute atomic E-state index is 12.5. The standard InChI is InChI=1S/C13H22F2N4/c1-5-7-16-12-9(3)13(18-11(6-2)17-12)19(4)8-10(14)15/h10H,5-8H2,1-4H3,(H,16,17,18). The molecule has 0 aromatic carbocycles. The number of anilines is 2. The summed E-state index contributed by atoms with van der Waals surface area (Å²) in [5.41, 5.74) is 0.814. The third kappa shape index (κ3) is 4.29. The third-order valence-corrected chi connectivity index (χ3v) is 2.80. The minimum atomic E-state index is -2.38. The van der Waals surface area contributed by atoms with Gasteiger partial charge in [0.25, 0.3) is 6.43 Å². The van der Waals surface area contributed by atoms with Crippen LogP contribution in [0.3, 0.4) is 0 Å². The summed E-state index contributed by atoms with van der Waals surface area (Å²) in [6.07, 6.45) is -0.722. The number of hydrogen-bond donors (Lipinski definition) is 1. The molecule has 108 valence electrons. The smallest absolute Gasteiger partial charge is 0.255 e. The monoisotopic (exact) mass is 272 g/mol. The molecule has 0 amide bonds. The Hall–Kier alpha value is -1.46. The van der Waals surface area contributed by atoms with E-state index < -0.39 is 6.43 Å². The number of halogens is 2. The number of nitrogens with one attached hydrogen (secondary N) is 1. The Balaban J connectivity index is 3.07. The van der Waals surface area contributed by atoms with Gasteiger partial charge in [-0.05, 0) is 13.3 Å². The van der Waals surface area contributed by atoms with E-state index in [1.54, 1.807) is 7.05 Å². The van der Waals surface area contributed by atoms with Crippen molar-refractivity contribution in [3.05, 3.63) is 11.4 Å². The first-order chi connectivity index (χ1) is 8.99. The van der Waals surface area contributed by atoms with Crippen LogP contribution < -0.4 is 10.2 Å². The summed E-state index contributed by atoms with van der Waals surface area (Å²) in [5, 5.41) is 3.22. The van der Waals surface area contributed by atoms with Crippen LogP contribution in [0.25, 0.3) is 0 Å². The van der Waals surface area contributed by atoms with Crippen molar-refractivity contribution < 1.29 is 8.78 Å². The third-order valence-electron chi connectivity index (χ3n) is 2.80. The summed E-state index contributed by atoms with van der Waals surface area (Å²) < 4.78 is 25.0. The SMILES string of the molecule is CCCNc1nc(CC)nc(N(C)CC(F)F)c1C. The normalized spacial score (nSPS) is 10.9. The average molecular weight is 272 g/mol. The molecule has 1 heterocycles. The number of nitrogens with zero attached hydrogens (tertiary/aromatic N) is 3. The van der Waals surface area contributed by atoms with Gasteiger partial charge in [-0.3, -0.25) is 0 Å². The maximum Gasteiger partial charge on any atom is 0.255 e. The van der Waals surface area contributed by atoms with Gasteiger partial charge in [0.2, 0.25) is 0 Å². The van der Waals surface area contributed by atoms with Crippen molar-refractivity contribution in [2.45, 2.75) is 40.0 Å². The lowest BCUT2D eigenvalue weighted by Crippen LogP contribution is -2.26. The summed E-state index contributed by atoms with van der Waals surface area (Å²) in [5.74, 6) is 1.98. The predicted molar refractivity (Wildman–Crippen MR) is 74.2 cm³/mol. The quantitative estimate of drug-likeness (QED) is 0.828. The highest BCUT2D eigenvalue weighted by atomic mass is 19.3. The number of aryl methyl sites for hydroxylation is 1. The van der Waals surface area contributed by atoms with Gasteiger partial charge in [-0.15, -0.1) is 0 Å². The van der Waals surface area contributed by atoms with Gasteiger partial charge in [0.1, 0.15) is 17.5 Å². The topological polar surface area (TPSA) is 41.1 Å². The fourth-order valence-corrected chi connectivity index (χ4v) is 1.79. The van der Waals surface area contributed by atoms with E-state index in [1.807, 2.05) is 13.8 Å². The molecular weight excluding hydrogens is 250 g/mol. The zero-order valence-corrected chi connectivity index (χ0v) is 12.0. The van der Waals surface area contributed by atoms with Crippen LogP contribution in [0.4, 0.5) is 20.4 Å². The molecule has 1 rings (SSSR count). The number of alkyl halides is 2. The van der Waals surface area contributed by atoms with E-state index in [-0.39, 0.29) is 6.54 Å². The van der Waals surface area contributed by atoms with Crippen molar-refractivity contribution in [3.63, 3.8) is 0 Å². The molecule has 0 saturated carbocycles. The summed E-state index contributed by atoms with van der Waals surface area (Å²) >= 11 is 0. The Morgan fingerprint density at radius 3 is 2.47 bits per heavy atom. The molecule has 0 aliphatic heterocycles. The van der Waals surface area contributed by atoms with Gasteiger partial charge in [0.15, 0.2) is 0 Å². The number of hydrogen-bond acceptors (Lipinski definition) is 4. The van der Waals surface area contributed by atoms with Gasteiger partial charge in [0, 0.05) is 25.6 Å². The van der Waals surface area contributed by atoms with Gasteiger partial charge in [-0.2, -0.15) is 0 Å². The molecule has 0 unspecified atom stereocenters. The van der Waals surface area contributed by atoms with Crippen LogP contribution in [0.2, 0.25) is 0 Å². The fraction of sp³-hybridized carbons (Fsp3) is 0.692. The van der Waals surface area contributed by atoms with E-state index in [9.17, 15) is 8.78 Å². The Kier molecular flexibility index (Phi) is 5.92. The molecule has 0 saturated heterocycles. The molecule has 4 nitrogen and oxygen atoms in total. The van der Waals surface area contributed by atoms with E-state index in [4.69, 9.17) is 0 Å². The molecule has 6 heteroatoms. The van der Waals surface area contributed by atoms with Crippen molar-refractivity contribution in [2.75, 3.05) is 30.4 Å². The Morgan fingerprint density at radius 1 is 1.26 bits per heavy atom. The zero-order chi connectivity index (χ0) is 14.4. The van der Waals surface area contributed by atoms with Crippen molar-refractivity contribution in [1.82, 2.24) is 9.97 Å². The molecule has 1 N–H and O–H groups in total. The fourth-order valence-electron chi connectivity index (χ4n) is 1.79. The second kappa shape index (κ2) is 7.21. The highest BCUT2D eigenvalue weighted by Crippen LogP contribution is 2.23. The molecule has 0 aliphatic carbocycles. The van der Waals surface area contributed by atoms with Crippen LogP contribution in [0, 0.1) is 6.92 Å². The van der Waals surface area contributed by atoms with Crippen molar-refractivity contribution in [2.24, 2.45) is 0 Å². The first-order valence-electron chi connectivity index (χ1n) is 6.60. The first-order valence-corrected chi connectivity index (χ1v) is 6.60. The minimum Gasteiger partial charge on any atom is -0.370 e. The molecule has 0 radical (unpaired) electrons. The summed E-state index contributed by atoms with van der Waals surface area (Å²) in [7, 11) is 1.63. The highest BCUT2D eigenvalue weighted by Gasteiger charge is 2.16. The van der Waals surface area contributed by atoms with E-state index in [1.165, 1.54) is 4.90 Å². The molecule has 0 aliphatic rings. The van der Waals surface area contributed by atoms with Crippen molar-refractivity contribution in [3.8, 4) is 0 Å². The molecule has 1 aromatic heterocycles. The number of rotatable bonds is 7. The van der Waals surface area contributed by atoms with E-state index in [0.717, 1.165) is 24.3 Å². The average Bonchev–Trinajstić information content (AvgIpc) is 2.36. The Morgan fingerprint density at radius 2 is 1.95 bits per heavy atom. The first kappa shape index (κ1) is 15.6. The molecule has 19 heavy (non-hydrogen) atoms. The van der Waals surface area contributed by atoms with Crippen LogP contribution in [0.5, 0.6) is 0 Å². The summed E-state index contributed by atoms with van der Waals surface area (Å²) in [6.45, 7) is 6.35. The van der Waals surface area contributed by atoms with Crippen LogP contribution in [0.15, 0.2) is 0 Å².